The molecule has 0 fully saturated rings. The molecule has 0 saturated heterocycles. The molecular formula is C32H56Cl2O4. The monoisotopic (exact) mass is 574 g/mol. The van der Waals surface area contributed by atoms with Crippen LogP contribution in [-0.2, 0) is 16.0 Å². The third kappa shape index (κ3) is 33.8. The van der Waals surface area contributed by atoms with Crippen molar-refractivity contribution in [3.8, 4) is 11.5 Å². The zero-order valence-corrected chi connectivity index (χ0v) is 27.6. The first-order chi connectivity index (χ1) is 18.0. The second kappa shape index (κ2) is 37.0. The SMILES string of the molecule is C=C.CCC.CCC.CCC.CCC.CCOC(=O)Cc1ccc(Cl)c(O)c1.COc1cc(C)ccc1Cl. The molecule has 6 heteroatoms. The number of ether oxygens (including phenoxy) is 2. The van der Waals surface area contributed by atoms with Crippen LogP contribution in [0.15, 0.2) is 49.6 Å². The molecule has 0 heterocycles. The zero-order valence-electron chi connectivity index (χ0n) is 26.0. The quantitative estimate of drug-likeness (QED) is 0.291. The summed E-state index contributed by atoms with van der Waals surface area (Å²) < 4.78 is 9.76. The van der Waals surface area contributed by atoms with E-state index in [0.29, 0.717) is 17.2 Å². The van der Waals surface area contributed by atoms with Gasteiger partial charge in [0.2, 0.25) is 0 Å². The Hall–Kier alpha value is -2.17. The summed E-state index contributed by atoms with van der Waals surface area (Å²) in [5, 5.41) is 10.2. The number of phenols is 1. The van der Waals surface area contributed by atoms with E-state index in [1.807, 2.05) is 25.1 Å². The van der Waals surface area contributed by atoms with Crippen LogP contribution in [-0.4, -0.2) is 24.8 Å². The van der Waals surface area contributed by atoms with Gasteiger partial charge in [-0.25, -0.2) is 0 Å². The van der Waals surface area contributed by atoms with Crippen LogP contribution in [0.1, 0.15) is 99.1 Å². The third-order valence-electron chi connectivity index (χ3n) is 2.97. The van der Waals surface area contributed by atoms with E-state index in [1.54, 1.807) is 26.2 Å². The number of halogens is 2. The molecule has 0 spiro atoms. The maximum absolute atomic E-state index is 11.1. The van der Waals surface area contributed by atoms with Crippen LogP contribution in [0.3, 0.4) is 0 Å². The highest BCUT2D eigenvalue weighted by Gasteiger charge is 2.06. The highest BCUT2D eigenvalue weighted by Crippen LogP contribution is 2.24. The Morgan fingerprint density at radius 1 is 0.789 bits per heavy atom. The number of aromatic hydroxyl groups is 1. The molecule has 0 aliphatic carbocycles. The lowest BCUT2D eigenvalue weighted by Crippen LogP contribution is -2.07. The molecule has 38 heavy (non-hydrogen) atoms. The molecule has 2 aromatic carbocycles. The molecule has 0 aromatic heterocycles. The predicted octanol–water partition coefficient (Wildman–Crippen LogP) is 11.3. The number of methoxy groups -OCH3 is 1. The number of hydrogen-bond donors (Lipinski definition) is 1. The minimum Gasteiger partial charge on any atom is -0.506 e. The molecule has 0 atom stereocenters. The molecule has 222 valence electrons. The van der Waals surface area contributed by atoms with E-state index in [1.165, 1.54) is 31.7 Å². The Morgan fingerprint density at radius 3 is 1.55 bits per heavy atom. The van der Waals surface area contributed by atoms with E-state index < -0.39 is 0 Å². The molecule has 1 N–H and O–H groups in total. The fourth-order valence-corrected chi connectivity index (χ4v) is 2.13. The Bertz CT molecular complexity index is 757. The van der Waals surface area contributed by atoms with Gasteiger partial charge in [-0.3, -0.25) is 4.79 Å². The van der Waals surface area contributed by atoms with Gasteiger partial charge < -0.3 is 14.6 Å². The Labute approximate surface area is 245 Å². The third-order valence-corrected chi connectivity index (χ3v) is 3.60. The van der Waals surface area contributed by atoms with Crippen LogP contribution < -0.4 is 4.74 Å². The summed E-state index contributed by atoms with van der Waals surface area (Å²) in [6.45, 7) is 27.1. The molecule has 4 nitrogen and oxygen atoms in total. The van der Waals surface area contributed by atoms with Gasteiger partial charge in [0.1, 0.15) is 11.5 Å². The smallest absolute Gasteiger partial charge is 0.310 e. The lowest BCUT2D eigenvalue weighted by molar-refractivity contribution is -0.142. The van der Waals surface area contributed by atoms with Crippen molar-refractivity contribution < 1.29 is 19.4 Å². The zero-order chi connectivity index (χ0) is 30.9. The maximum atomic E-state index is 11.1. The lowest BCUT2D eigenvalue weighted by atomic mass is 10.1. The summed E-state index contributed by atoms with van der Waals surface area (Å²) in [5.74, 6) is 0.407. The average Bonchev–Trinajstić information content (AvgIpc) is 2.87. The van der Waals surface area contributed by atoms with Crippen molar-refractivity contribution in [3.63, 3.8) is 0 Å². The molecule has 0 radical (unpaired) electrons. The standard InChI is InChI=1S/C10H11ClO3.C8H9ClO.4C3H8.C2H4/c1-2-14-10(13)6-7-3-4-8(11)9(12)5-7;1-6-3-4-7(9)8(5-6)10-2;4*1-3-2;1-2/h3-5,12H,2,6H2,1H3;3-5H,1-2H3;4*3H2,1-2H3;1-2H2. The number of aryl methyl sites for hydroxylation is 1. The summed E-state index contributed by atoms with van der Waals surface area (Å²) in [5.41, 5.74) is 1.84. The molecule has 0 bridgehead atoms. The lowest BCUT2D eigenvalue weighted by Gasteiger charge is -2.03. The molecule has 0 saturated carbocycles. The highest BCUT2D eigenvalue weighted by atomic mass is 35.5. The van der Waals surface area contributed by atoms with Crippen molar-refractivity contribution in [2.75, 3.05) is 13.7 Å². The number of rotatable bonds is 4. The predicted molar refractivity (Wildman–Crippen MR) is 171 cm³/mol. The second-order valence-corrected chi connectivity index (χ2v) is 8.55. The first-order valence-electron chi connectivity index (χ1n) is 13.5. The molecule has 0 aliphatic rings. The van der Waals surface area contributed by atoms with Crippen LogP contribution in [0.25, 0.3) is 0 Å². The molecule has 0 amide bonds. The topological polar surface area (TPSA) is 55.8 Å². The summed E-state index contributed by atoms with van der Waals surface area (Å²) in [4.78, 5) is 11.1. The van der Waals surface area contributed by atoms with Gasteiger partial charge in [-0.05, 0) is 49.2 Å². The Balaban J connectivity index is -0.000000132. The summed E-state index contributed by atoms with van der Waals surface area (Å²) in [6, 6.07) is 10.4. The first-order valence-corrected chi connectivity index (χ1v) is 14.2. The van der Waals surface area contributed by atoms with Crippen LogP contribution in [0.2, 0.25) is 10.0 Å². The Morgan fingerprint density at radius 2 is 1.21 bits per heavy atom. The van der Waals surface area contributed by atoms with E-state index in [2.05, 4.69) is 68.5 Å². The summed E-state index contributed by atoms with van der Waals surface area (Å²) in [6.07, 6.45) is 5.15. The van der Waals surface area contributed by atoms with E-state index >= 15 is 0 Å². The van der Waals surface area contributed by atoms with Crippen molar-refractivity contribution in [2.24, 2.45) is 0 Å². The van der Waals surface area contributed by atoms with Gasteiger partial charge in [0.15, 0.2) is 0 Å². The van der Waals surface area contributed by atoms with E-state index in [4.69, 9.17) is 32.7 Å². The van der Waals surface area contributed by atoms with Gasteiger partial charge in [0.05, 0.1) is 30.2 Å². The first kappa shape index (κ1) is 45.7. The van der Waals surface area contributed by atoms with Crippen molar-refractivity contribution in [1.82, 2.24) is 0 Å². The van der Waals surface area contributed by atoms with Crippen LogP contribution in [0.5, 0.6) is 11.5 Å². The number of benzene rings is 2. The van der Waals surface area contributed by atoms with Crippen LogP contribution >= 0.6 is 23.2 Å². The van der Waals surface area contributed by atoms with E-state index in [-0.39, 0.29) is 23.2 Å². The van der Waals surface area contributed by atoms with Gasteiger partial charge in [-0.15, -0.1) is 13.2 Å². The van der Waals surface area contributed by atoms with Gasteiger partial charge in [0, 0.05) is 0 Å². The number of hydrogen-bond acceptors (Lipinski definition) is 4. The van der Waals surface area contributed by atoms with Crippen LogP contribution in [0.4, 0.5) is 0 Å². The van der Waals surface area contributed by atoms with Crippen molar-refractivity contribution >= 4 is 29.2 Å². The number of phenolic OH excluding ortho intramolecular Hbond substituents is 1. The number of carbonyl (C=O) groups excluding carboxylic acids is 1. The fourth-order valence-electron chi connectivity index (χ4n) is 1.81. The van der Waals surface area contributed by atoms with E-state index in [0.717, 1.165) is 11.3 Å². The minimum absolute atomic E-state index is 0.0199. The molecule has 2 rings (SSSR count). The summed E-state index contributed by atoms with van der Waals surface area (Å²) in [7, 11) is 1.61. The molecule has 0 unspecified atom stereocenters. The van der Waals surface area contributed by atoms with Crippen molar-refractivity contribution in [1.29, 1.82) is 0 Å². The normalized spacial score (nSPS) is 8.13. The van der Waals surface area contributed by atoms with Crippen molar-refractivity contribution in [2.45, 2.75) is 101 Å². The fraction of sp³-hybridized carbons (Fsp3) is 0.531. The molecule has 0 aliphatic heterocycles. The summed E-state index contributed by atoms with van der Waals surface area (Å²) >= 11 is 11.4. The minimum atomic E-state index is -0.311. The van der Waals surface area contributed by atoms with Gasteiger partial charge in [-0.1, -0.05) is 116 Å². The van der Waals surface area contributed by atoms with Gasteiger partial charge in [0.25, 0.3) is 0 Å². The van der Waals surface area contributed by atoms with Crippen molar-refractivity contribution in [3.05, 3.63) is 70.7 Å². The molecular weight excluding hydrogens is 519 g/mol. The highest BCUT2D eigenvalue weighted by molar-refractivity contribution is 6.32. The van der Waals surface area contributed by atoms with E-state index in [9.17, 15) is 9.90 Å². The molecule has 2 aromatic rings. The maximum Gasteiger partial charge on any atom is 0.310 e. The van der Waals surface area contributed by atoms with Gasteiger partial charge >= 0.3 is 5.97 Å². The number of esters is 1. The average molecular weight is 576 g/mol. The Kier molecular flexibility index (Phi) is 44.5. The van der Waals surface area contributed by atoms with Gasteiger partial charge in [-0.2, -0.15) is 0 Å². The largest absolute Gasteiger partial charge is 0.506 e. The van der Waals surface area contributed by atoms with Crippen LogP contribution in [0, 0.1) is 6.92 Å². The second-order valence-electron chi connectivity index (χ2n) is 7.73. The number of carbonyl (C=O) groups is 1.